The van der Waals surface area contributed by atoms with Gasteiger partial charge in [-0.05, 0) is 12.1 Å². The lowest BCUT2D eigenvalue weighted by atomic mass is 10.4. The summed E-state index contributed by atoms with van der Waals surface area (Å²) in [6, 6.07) is 8.33. The van der Waals surface area contributed by atoms with Crippen molar-refractivity contribution in [3.8, 4) is 0 Å². The fraction of sp³-hybridized carbons (Fsp3) is 0.143. The SMILES string of the molecule is CN(I)S(=O)(=O)c1ccccc1. The average molecular weight is 297 g/mol. The lowest BCUT2D eigenvalue weighted by Gasteiger charge is -2.07. The molecule has 0 unspecified atom stereocenters. The van der Waals surface area contributed by atoms with Gasteiger partial charge in [-0.1, -0.05) is 18.2 Å². The van der Waals surface area contributed by atoms with E-state index in [9.17, 15) is 8.42 Å². The van der Waals surface area contributed by atoms with E-state index in [1.165, 1.54) is 9.57 Å². The van der Waals surface area contributed by atoms with Gasteiger partial charge in [0.2, 0.25) is 0 Å². The Bertz CT molecular complexity index is 347. The first-order chi connectivity index (χ1) is 5.55. The summed E-state index contributed by atoms with van der Waals surface area (Å²) >= 11 is 1.73. The molecule has 0 aliphatic rings. The van der Waals surface area contributed by atoms with E-state index in [1.54, 1.807) is 53.2 Å². The van der Waals surface area contributed by atoms with E-state index in [2.05, 4.69) is 0 Å². The van der Waals surface area contributed by atoms with Crippen LogP contribution in [-0.4, -0.2) is 18.0 Å². The van der Waals surface area contributed by atoms with Crippen molar-refractivity contribution in [3.63, 3.8) is 0 Å². The average Bonchev–Trinajstić information content (AvgIpc) is 2.06. The molecule has 3 nitrogen and oxygen atoms in total. The molecule has 0 bridgehead atoms. The number of rotatable bonds is 2. The standard InChI is InChI=1S/C7H8INO2S/c1-9(8)12(10,11)7-5-3-2-4-6-7/h2-6H,1H3. The van der Waals surface area contributed by atoms with Gasteiger partial charge < -0.3 is 0 Å². The zero-order valence-electron chi connectivity index (χ0n) is 6.44. The molecule has 0 saturated carbocycles. The van der Waals surface area contributed by atoms with E-state index < -0.39 is 10.0 Å². The smallest absolute Gasteiger partial charge is 0.206 e. The first-order valence-corrected chi connectivity index (χ1v) is 5.65. The van der Waals surface area contributed by atoms with Crippen LogP contribution in [0.4, 0.5) is 0 Å². The molecule has 0 amide bonds. The molecule has 0 heterocycles. The maximum Gasteiger partial charge on any atom is 0.251 e. The highest BCUT2D eigenvalue weighted by atomic mass is 127. The van der Waals surface area contributed by atoms with Gasteiger partial charge in [-0.3, -0.25) is 0 Å². The molecule has 12 heavy (non-hydrogen) atoms. The van der Waals surface area contributed by atoms with Gasteiger partial charge in [0.25, 0.3) is 10.0 Å². The highest BCUT2D eigenvalue weighted by molar-refractivity contribution is 14.1. The minimum Gasteiger partial charge on any atom is -0.206 e. The van der Waals surface area contributed by atoms with E-state index in [1.807, 2.05) is 0 Å². The van der Waals surface area contributed by atoms with E-state index >= 15 is 0 Å². The summed E-state index contributed by atoms with van der Waals surface area (Å²) < 4.78 is 24.1. The molecule has 1 aromatic rings. The molecule has 5 heteroatoms. The minimum atomic E-state index is -3.26. The van der Waals surface area contributed by atoms with Crippen molar-refractivity contribution < 1.29 is 8.42 Å². The van der Waals surface area contributed by atoms with Gasteiger partial charge in [0.15, 0.2) is 0 Å². The Kier molecular flexibility index (Phi) is 3.08. The Morgan fingerprint density at radius 2 is 1.75 bits per heavy atom. The first kappa shape index (κ1) is 9.94. The third kappa shape index (κ3) is 1.96. The van der Waals surface area contributed by atoms with E-state index in [-0.39, 0.29) is 0 Å². The number of halogens is 1. The lowest BCUT2D eigenvalue weighted by molar-refractivity contribution is 0.571. The van der Waals surface area contributed by atoms with E-state index in [0.29, 0.717) is 4.90 Å². The molecular formula is C7H8INO2S. The molecule has 0 N–H and O–H groups in total. The van der Waals surface area contributed by atoms with Gasteiger partial charge >= 0.3 is 0 Å². The van der Waals surface area contributed by atoms with Crippen molar-refractivity contribution in [2.75, 3.05) is 7.05 Å². The highest BCUT2D eigenvalue weighted by Gasteiger charge is 2.16. The molecule has 1 aromatic carbocycles. The summed E-state index contributed by atoms with van der Waals surface area (Å²) in [5.74, 6) is 0. The van der Waals surface area contributed by atoms with Crippen LogP contribution in [-0.2, 0) is 10.0 Å². The normalized spacial score (nSPS) is 11.9. The summed E-state index contributed by atoms with van der Waals surface area (Å²) in [5.41, 5.74) is 0. The molecule has 0 radical (unpaired) electrons. The predicted octanol–water partition coefficient (Wildman–Crippen LogP) is 1.66. The fourth-order valence-electron chi connectivity index (χ4n) is 0.738. The second-order valence-corrected chi connectivity index (χ2v) is 6.28. The van der Waals surface area contributed by atoms with Crippen molar-refractivity contribution in [3.05, 3.63) is 30.3 Å². The number of nitrogens with zero attached hydrogens (tertiary/aromatic N) is 1. The topological polar surface area (TPSA) is 37.4 Å². The molecular weight excluding hydrogens is 289 g/mol. The van der Waals surface area contributed by atoms with E-state index in [0.717, 1.165) is 0 Å². The molecule has 0 aliphatic carbocycles. The van der Waals surface area contributed by atoms with Crippen LogP contribution in [0.2, 0.25) is 0 Å². The lowest BCUT2D eigenvalue weighted by Crippen LogP contribution is -2.16. The zero-order valence-corrected chi connectivity index (χ0v) is 9.41. The Hall–Kier alpha value is -0.140. The van der Waals surface area contributed by atoms with E-state index in [4.69, 9.17) is 0 Å². The van der Waals surface area contributed by atoms with Crippen LogP contribution in [0, 0.1) is 0 Å². The van der Waals surface area contributed by atoms with Crippen molar-refractivity contribution in [2.45, 2.75) is 4.90 Å². The summed E-state index contributed by atoms with van der Waals surface area (Å²) in [4.78, 5) is 0.321. The van der Waals surface area contributed by atoms with Crippen molar-refractivity contribution in [1.29, 1.82) is 0 Å². The highest BCUT2D eigenvalue weighted by Crippen LogP contribution is 2.15. The van der Waals surface area contributed by atoms with Gasteiger partial charge in [0.05, 0.1) is 4.90 Å². The van der Waals surface area contributed by atoms with Crippen LogP contribution < -0.4 is 0 Å². The quantitative estimate of drug-likeness (QED) is 0.615. The van der Waals surface area contributed by atoms with Crippen molar-refractivity contribution >= 4 is 32.9 Å². The maximum atomic E-state index is 11.5. The number of hydrogen-bond acceptors (Lipinski definition) is 2. The number of benzene rings is 1. The largest absolute Gasteiger partial charge is 0.251 e. The zero-order chi connectivity index (χ0) is 9.19. The Morgan fingerprint density at radius 3 is 2.17 bits per heavy atom. The number of hydrogen-bond donors (Lipinski definition) is 0. The maximum absolute atomic E-state index is 11.5. The molecule has 0 atom stereocenters. The van der Waals surface area contributed by atoms with Gasteiger partial charge in [0.1, 0.15) is 0 Å². The molecule has 1 rings (SSSR count). The van der Waals surface area contributed by atoms with Crippen molar-refractivity contribution in [1.82, 2.24) is 2.52 Å². The Labute approximate surface area is 85.9 Å². The summed E-state index contributed by atoms with van der Waals surface area (Å²) in [5, 5.41) is 0. The third-order valence-electron chi connectivity index (χ3n) is 1.37. The summed E-state index contributed by atoms with van der Waals surface area (Å²) in [6.45, 7) is 0. The molecule has 0 saturated heterocycles. The first-order valence-electron chi connectivity index (χ1n) is 3.25. The number of sulfonamides is 1. The van der Waals surface area contributed by atoms with Crippen LogP contribution >= 0.6 is 22.9 Å². The van der Waals surface area contributed by atoms with Gasteiger partial charge in [-0.15, -0.1) is 2.52 Å². The van der Waals surface area contributed by atoms with Crippen molar-refractivity contribution in [2.24, 2.45) is 0 Å². The predicted molar refractivity (Wildman–Crippen MR) is 55.4 cm³/mol. The van der Waals surface area contributed by atoms with Crippen LogP contribution in [0.1, 0.15) is 0 Å². The molecule has 66 valence electrons. The third-order valence-corrected chi connectivity index (χ3v) is 4.46. The fourth-order valence-corrected chi connectivity index (χ4v) is 2.21. The van der Waals surface area contributed by atoms with Gasteiger partial charge in [-0.2, -0.15) is 0 Å². The molecule has 0 fully saturated rings. The molecule has 0 aromatic heterocycles. The second kappa shape index (κ2) is 3.71. The molecule has 0 aliphatic heterocycles. The van der Waals surface area contributed by atoms with Gasteiger partial charge in [0, 0.05) is 29.9 Å². The van der Waals surface area contributed by atoms with Crippen LogP contribution in [0.5, 0.6) is 0 Å². The summed E-state index contributed by atoms with van der Waals surface area (Å²) in [6.07, 6.45) is 0. The Morgan fingerprint density at radius 1 is 1.25 bits per heavy atom. The summed E-state index contributed by atoms with van der Waals surface area (Å²) in [7, 11) is -1.75. The van der Waals surface area contributed by atoms with Crippen LogP contribution in [0.3, 0.4) is 0 Å². The second-order valence-electron chi connectivity index (χ2n) is 2.21. The van der Waals surface area contributed by atoms with Crippen LogP contribution in [0.25, 0.3) is 0 Å². The Balaban J connectivity index is 3.17. The minimum absolute atomic E-state index is 0.321. The van der Waals surface area contributed by atoms with Crippen LogP contribution in [0.15, 0.2) is 35.2 Å². The monoisotopic (exact) mass is 297 g/mol. The van der Waals surface area contributed by atoms with Gasteiger partial charge in [-0.25, -0.2) is 8.42 Å². The molecule has 0 spiro atoms.